The Hall–Kier alpha value is -3.32. The molecule has 0 aromatic heterocycles. The van der Waals surface area contributed by atoms with E-state index in [-0.39, 0.29) is 31.8 Å². The van der Waals surface area contributed by atoms with Crippen molar-refractivity contribution >= 4 is 23.7 Å². The molecule has 0 saturated heterocycles. The molecule has 0 bridgehead atoms. The topological polar surface area (TPSA) is 149 Å². The molecule has 4 atom stereocenters. The lowest BCUT2D eigenvalue weighted by Gasteiger charge is -2.37. The van der Waals surface area contributed by atoms with Gasteiger partial charge >= 0.3 is 12.1 Å². The Bertz CT molecular complexity index is 996. The van der Waals surface area contributed by atoms with E-state index in [4.69, 9.17) is 9.47 Å². The number of fused-ring (bicyclic) bond motifs is 1. The zero-order valence-corrected chi connectivity index (χ0v) is 21.8. The van der Waals surface area contributed by atoms with Crippen molar-refractivity contribution in [2.24, 2.45) is 11.3 Å². The fraction of sp³-hybridized carbons (Fsp3) is 0.615. The number of hydrogen-bond acceptors (Lipinski definition) is 7. The molecule has 2 rings (SSSR count). The molecule has 0 fully saturated rings. The molecule has 0 saturated carbocycles. The third-order valence-electron chi connectivity index (χ3n) is 5.84. The number of rotatable bonds is 9. The number of amides is 2. The number of nitriles is 1. The van der Waals surface area contributed by atoms with Crippen LogP contribution < -0.4 is 15.0 Å². The molecular formula is C26H37N3O7. The third kappa shape index (κ3) is 8.12. The van der Waals surface area contributed by atoms with Crippen LogP contribution in [0.2, 0.25) is 0 Å². The van der Waals surface area contributed by atoms with Gasteiger partial charge in [0.25, 0.3) is 0 Å². The number of aliphatic carboxylic acids is 1. The predicted octanol–water partition coefficient (Wildman–Crippen LogP) is 3.48. The first-order valence-corrected chi connectivity index (χ1v) is 12.0. The fourth-order valence-electron chi connectivity index (χ4n) is 4.12. The van der Waals surface area contributed by atoms with Crippen LogP contribution in [0.25, 0.3) is 0 Å². The van der Waals surface area contributed by atoms with Gasteiger partial charge in [0, 0.05) is 6.42 Å². The summed E-state index contributed by atoms with van der Waals surface area (Å²) in [7, 11) is 0. The number of para-hydroxylation sites is 2. The molecule has 1 aromatic carbocycles. The maximum absolute atomic E-state index is 13.4. The number of nitrogens with zero attached hydrogens (tertiary/aromatic N) is 2. The first-order chi connectivity index (χ1) is 16.6. The molecule has 1 aliphatic heterocycles. The highest BCUT2D eigenvalue weighted by Gasteiger charge is 2.38. The Morgan fingerprint density at radius 1 is 1.25 bits per heavy atom. The van der Waals surface area contributed by atoms with Gasteiger partial charge in [-0.1, -0.05) is 32.9 Å². The Balaban J connectivity index is 2.23. The lowest BCUT2D eigenvalue weighted by Crippen LogP contribution is -2.50. The van der Waals surface area contributed by atoms with Crippen LogP contribution in [0.15, 0.2) is 24.3 Å². The quantitative estimate of drug-likeness (QED) is 0.464. The molecule has 0 spiro atoms. The number of carboxylic acids is 1. The van der Waals surface area contributed by atoms with E-state index in [1.165, 1.54) is 11.8 Å². The number of hydrogen-bond donors (Lipinski definition) is 3. The Labute approximate surface area is 212 Å². The summed E-state index contributed by atoms with van der Waals surface area (Å²) in [4.78, 5) is 38.7. The minimum atomic E-state index is -1.19. The number of carboxylic acid groups (broad SMARTS) is 1. The summed E-state index contributed by atoms with van der Waals surface area (Å²) in [6.07, 6.45) is -1.85. The molecule has 1 aliphatic rings. The molecule has 2 amide bonds. The molecule has 1 aromatic rings. The van der Waals surface area contributed by atoms with Gasteiger partial charge in [0.2, 0.25) is 5.91 Å². The largest absolute Gasteiger partial charge is 0.488 e. The Morgan fingerprint density at radius 3 is 2.47 bits per heavy atom. The third-order valence-corrected chi connectivity index (χ3v) is 5.84. The van der Waals surface area contributed by atoms with E-state index < -0.39 is 47.2 Å². The van der Waals surface area contributed by atoms with Gasteiger partial charge in [-0.3, -0.25) is 14.5 Å². The van der Waals surface area contributed by atoms with E-state index in [2.05, 4.69) is 11.4 Å². The van der Waals surface area contributed by atoms with E-state index in [9.17, 15) is 29.9 Å². The minimum absolute atomic E-state index is 0.00716. The maximum Gasteiger partial charge on any atom is 0.407 e. The Kier molecular flexibility index (Phi) is 9.32. The van der Waals surface area contributed by atoms with Crippen LogP contribution in [0.5, 0.6) is 5.75 Å². The van der Waals surface area contributed by atoms with Crippen LogP contribution in [-0.2, 0) is 14.3 Å². The van der Waals surface area contributed by atoms with Gasteiger partial charge in [0.15, 0.2) is 6.04 Å². The first kappa shape index (κ1) is 28.9. The van der Waals surface area contributed by atoms with Gasteiger partial charge in [-0.2, -0.15) is 5.26 Å². The smallest absolute Gasteiger partial charge is 0.407 e. The standard InChI is InChI=1S/C26H37N3O7/c1-16(23(32)33)11-20(30)18(28-24(34)36-25(2,3)4)12-26(5,6)13-22(31)29-17(14-27)15-35-21-10-8-7-9-19(21)29/h7-10,16-18,20,30H,11-13,15H2,1-6H3,(H,28,34)(H,32,33)/t16-,17-,18+,20+/m1/s1. The average Bonchev–Trinajstić information content (AvgIpc) is 2.75. The van der Waals surface area contributed by atoms with Crippen molar-refractivity contribution in [1.82, 2.24) is 5.32 Å². The summed E-state index contributed by atoms with van der Waals surface area (Å²) in [5.74, 6) is -1.69. The lowest BCUT2D eigenvalue weighted by molar-refractivity contribution is -0.142. The second-order valence-corrected chi connectivity index (χ2v) is 11.0. The van der Waals surface area contributed by atoms with Crippen LogP contribution in [0.1, 0.15) is 60.8 Å². The molecule has 36 heavy (non-hydrogen) atoms. The number of anilines is 1. The summed E-state index contributed by atoms with van der Waals surface area (Å²) < 4.78 is 10.9. The maximum atomic E-state index is 13.4. The fourth-order valence-corrected chi connectivity index (χ4v) is 4.12. The van der Waals surface area contributed by atoms with Gasteiger partial charge < -0.3 is 25.0 Å². The number of benzene rings is 1. The van der Waals surface area contributed by atoms with Crippen molar-refractivity contribution in [3.8, 4) is 11.8 Å². The van der Waals surface area contributed by atoms with Crippen molar-refractivity contribution in [2.75, 3.05) is 11.5 Å². The normalized spacial score (nSPS) is 18.1. The van der Waals surface area contributed by atoms with Crippen molar-refractivity contribution in [3.63, 3.8) is 0 Å². The monoisotopic (exact) mass is 503 g/mol. The molecule has 10 nitrogen and oxygen atoms in total. The van der Waals surface area contributed by atoms with Crippen LogP contribution in [0.4, 0.5) is 10.5 Å². The predicted molar refractivity (Wildman–Crippen MR) is 132 cm³/mol. The number of carbonyl (C=O) groups is 3. The highest BCUT2D eigenvalue weighted by Crippen LogP contribution is 2.37. The van der Waals surface area contributed by atoms with Crippen molar-refractivity contribution in [1.29, 1.82) is 5.26 Å². The first-order valence-electron chi connectivity index (χ1n) is 12.0. The number of aliphatic hydroxyl groups excluding tert-OH is 1. The van der Waals surface area contributed by atoms with Gasteiger partial charge in [0.05, 0.1) is 29.8 Å². The zero-order valence-electron chi connectivity index (χ0n) is 21.8. The minimum Gasteiger partial charge on any atom is -0.488 e. The molecule has 198 valence electrons. The number of nitrogens with one attached hydrogen (secondary N) is 1. The number of aliphatic hydroxyl groups is 1. The van der Waals surface area contributed by atoms with Gasteiger partial charge in [-0.15, -0.1) is 0 Å². The summed E-state index contributed by atoms with van der Waals surface area (Å²) in [5.41, 5.74) is -0.998. The number of carbonyl (C=O) groups excluding carboxylic acids is 2. The highest BCUT2D eigenvalue weighted by molar-refractivity contribution is 5.96. The van der Waals surface area contributed by atoms with Crippen molar-refractivity contribution in [2.45, 2.75) is 84.6 Å². The summed E-state index contributed by atoms with van der Waals surface area (Å²) in [6, 6.07) is 7.44. The highest BCUT2D eigenvalue weighted by atomic mass is 16.6. The summed E-state index contributed by atoms with van der Waals surface area (Å²) >= 11 is 0. The molecule has 3 N–H and O–H groups in total. The molecule has 10 heteroatoms. The SMILES string of the molecule is C[C@H](C[C@H](O)[C@H](CC(C)(C)CC(=O)N1c2ccccc2OC[C@H]1C#N)NC(=O)OC(C)(C)C)C(=O)O. The van der Waals surface area contributed by atoms with Gasteiger partial charge in [0.1, 0.15) is 18.0 Å². The summed E-state index contributed by atoms with van der Waals surface area (Å²) in [5, 5.41) is 32.4. The van der Waals surface area contributed by atoms with Gasteiger partial charge in [-0.25, -0.2) is 4.79 Å². The average molecular weight is 504 g/mol. The zero-order chi connectivity index (χ0) is 27.3. The second kappa shape index (κ2) is 11.6. The molecular weight excluding hydrogens is 466 g/mol. The van der Waals surface area contributed by atoms with E-state index in [0.717, 1.165) is 0 Å². The van der Waals surface area contributed by atoms with Crippen molar-refractivity contribution < 1.29 is 34.1 Å². The molecule has 0 aliphatic carbocycles. The second-order valence-electron chi connectivity index (χ2n) is 11.0. The Morgan fingerprint density at radius 2 is 1.89 bits per heavy atom. The van der Waals surface area contributed by atoms with E-state index in [1.54, 1.807) is 45.0 Å². The van der Waals surface area contributed by atoms with E-state index >= 15 is 0 Å². The van der Waals surface area contributed by atoms with Crippen LogP contribution in [0.3, 0.4) is 0 Å². The van der Waals surface area contributed by atoms with Gasteiger partial charge in [-0.05, 0) is 51.2 Å². The van der Waals surface area contributed by atoms with Crippen LogP contribution >= 0.6 is 0 Å². The number of ether oxygens (including phenoxy) is 2. The van der Waals surface area contributed by atoms with E-state index in [1.807, 2.05) is 13.8 Å². The molecule has 1 heterocycles. The van der Waals surface area contributed by atoms with Crippen LogP contribution in [-0.4, -0.2) is 58.6 Å². The molecule has 0 unspecified atom stereocenters. The van der Waals surface area contributed by atoms with E-state index in [0.29, 0.717) is 11.4 Å². The number of alkyl carbamates (subject to hydrolysis) is 1. The summed E-state index contributed by atoms with van der Waals surface area (Å²) in [6.45, 7) is 10.3. The van der Waals surface area contributed by atoms with Crippen LogP contribution in [0, 0.1) is 22.7 Å². The lowest BCUT2D eigenvalue weighted by atomic mass is 9.79. The van der Waals surface area contributed by atoms with Crippen molar-refractivity contribution in [3.05, 3.63) is 24.3 Å². The molecule has 0 radical (unpaired) electrons.